The molecule has 2 fully saturated rings. The van der Waals surface area contributed by atoms with Gasteiger partial charge in [-0.25, -0.2) is 4.98 Å². The zero-order chi connectivity index (χ0) is 12.6. The summed E-state index contributed by atoms with van der Waals surface area (Å²) in [5.41, 5.74) is 3.55. The van der Waals surface area contributed by atoms with Crippen LogP contribution in [0.4, 0.5) is 0 Å². The Morgan fingerprint density at radius 2 is 2.17 bits per heavy atom. The van der Waals surface area contributed by atoms with Crippen molar-refractivity contribution in [1.29, 1.82) is 5.26 Å². The van der Waals surface area contributed by atoms with Crippen LogP contribution in [-0.4, -0.2) is 18.2 Å². The third kappa shape index (κ3) is 1.98. The normalized spacial score (nSPS) is 21.4. The molecular weight excluding hydrogens is 244 g/mol. The van der Waals surface area contributed by atoms with E-state index in [1.54, 1.807) is 11.3 Å². The van der Waals surface area contributed by atoms with Crippen molar-refractivity contribution in [2.45, 2.75) is 32.6 Å². The molecule has 94 valence electrons. The zero-order valence-electron chi connectivity index (χ0n) is 10.5. The maximum Gasteiger partial charge on any atom is 0.134 e. The molecule has 0 aromatic carbocycles. The lowest BCUT2D eigenvalue weighted by molar-refractivity contribution is -0.126. The predicted octanol–water partition coefficient (Wildman–Crippen LogP) is 3.32. The second-order valence-corrected chi connectivity index (χ2v) is 6.24. The highest BCUT2D eigenvalue weighted by atomic mass is 32.1. The summed E-state index contributed by atoms with van der Waals surface area (Å²) in [6, 6.07) is 2.36. The third-order valence-electron chi connectivity index (χ3n) is 4.03. The van der Waals surface area contributed by atoms with Gasteiger partial charge in [0.1, 0.15) is 11.1 Å². The largest absolute Gasteiger partial charge is 0.380 e. The van der Waals surface area contributed by atoms with E-state index >= 15 is 0 Å². The Balaban J connectivity index is 1.83. The number of hydrogen-bond acceptors (Lipinski definition) is 4. The van der Waals surface area contributed by atoms with E-state index in [9.17, 15) is 5.26 Å². The molecule has 0 N–H and O–H groups in total. The Morgan fingerprint density at radius 3 is 2.61 bits per heavy atom. The van der Waals surface area contributed by atoms with Crippen LogP contribution in [0.2, 0.25) is 0 Å². The number of hydrogen-bond donors (Lipinski definition) is 0. The monoisotopic (exact) mass is 260 g/mol. The van der Waals surface area contributed by atoms with Crippen LogP contribution in [0.25, 0.3) is 5.57 Å². The van der Waals surface area contributed by atoms with Gasteiger partial charge in [0.25, 0.3) is 0 Å². The molecule has 0 amide bonds. The first-order valence-corrected chi connectivity index (χ1v) is 7.23. The number of aromatic nitrogens is 1. The van der Waals surface area contributed by atoms with E-state index < -0.39 is 0 Å². The van der Waals surface area contributed by atoms with Crippen LogP contribution >= 0.6 is 11.3 Å². The summed E-state index contributed by atoms with van der Waals surface area (Å²) in [6.07, 6.45) is 4.39. The van der Waals surface area contributed by atoms with Gasteiger partial charge in [-0.2, -0.15) is 5.26 Å². The number of rotatable bonds is 1. The number of nitrogens with zero attached hydrogens (tertiary/aromatic N) is 2. The van der Waals surface area contributed by atoms with Crippen LogP contribution in [0.15, 0.2) is 11.0 Å². The van der Waals surface area contributed by atoms with E-state index in [0.29, 0.717) is 5.41 Å². The summed E-state index contributed by atoms with van der Waals surface area (Å²) in [4.78, 5) is 4.44. The average Bonchev–Trinajstić information content (AvgIpc) is 2.76. The Morgan fingerprint density at radius 1 is 1.44 bits per heavy atom. The minimum atomic E-state index is 0.433. The molecule has 1 aliphatic carbocycles. The van der Waals surface area contributed by atoms with Gasteiger partial charge < -0.3 is 4.74 Å². The van der Waals surface area contributed by atoms with Gasteiger partial charge in [0.15, 0.2) is 0 Å². The van der Waals surface area contributed by atoms with Gasteiger partial charge in [0, 0.05) is 16.5 Å². The lowest BCUT2D eigenvalue weighted by atomic mass is 9.70. The fourth-order valence-electron chi connectivity index (χ4n) is 2.76. The molecule has 1 saturated heterocycles. The van der Waals surface area contributed by atoms with Crippen LogP contribution in [0.3, 0.4) is 0 Å². The minimum Gasteiger partial charge on any atom is -0.380 e. The number of allylic oxidation sites excluding steroid dienone is 2. The molecule has 0 bridgehead atoms. The van der Waals surface area contributed by atoms with Crippen molar-refractivity contribution in [3.63, 3.8) is 0 Å². The number of aryl methyl sites for hydroxylation is 1. The van der Waals surface area contributed by atoms with Crippen LogP contribution < -0.4 is 0 Å². The molecule has 1 saturated carbocycles. The SMILES string of the molecule is Cc1csc(C(C#N)=C2CCC3(CC2)COC3)n1. The molecule has 0 atom stereocenters. The Bertz CT molecular complexity index is 522. The van der Waals surface area contributed by atoms with E-state index in [2.05, 4.69) is 11.1 Å². The highest BCUT2D eigenvalue weighted by molar-refractivity contribution is 7.10. The van der Waals surface area contributed by atoms with Crippen molar-refractivity contribution >= 4 is 16.9 Å². The molecular formula is C14H16N2OS. The first-order chi connectivity index (χ1) is 8.72. The highest BCUT2D eigenvalue weighted by Crippen LogP contribution is 2.45. The van der Waals surface area contributed by atoms with Crippen LogP contribution in [0, 0.1) is 23.7 Å². The van der Waals surface area contributed by atoms with Gasteiger partial charge in [-0.05, 0) is 38.2 Å². The summed E-state index contributed by atoms with van der Waals surface area (Å²) < 4.78 is 5.33. The van der Waals surface area contributed by atoms with Gasteiger partial charge >= 0.3 is 0 Å². The smallest absolute Gasteiger partial charge is 0.134 e. The van der Waals surface area contributed by atoms with Crippen molar-refractivity contribution in [2.24, 2.45) is 5.41 Å². The first-order valence-electron chi connectivity index (χ1n) is 6.35. The van der Waals surface area contributed by atoms with Gasteiger partial charge in [-0.1, -0.05) is 0 Å². The Labute approximate surface area is 111 Å². The van der Waals surface area contributed by atoms with Crippen LogP contribution in [-0.2, 0) is 4.74 Å². The third-order valence-corrected chi connectivity index (χ3v) is 5.01. The summed E-state index contributed by atoms with van der Waals surface area (Å²) in [6.45, 7) is 3.80. The lowest BCUT2D eigenvalue weighted by Gasteiger charge is -2.45. The summed E-state index contributed by atoms with van der Waals surface area (Å²) in [5, 5.41) is 12.3. The van der Waals surface area contributed by atoms with E-state index in [4.69, 9.17) is 4.74 Å². The summed E-state index contributed by atoms with van der Waals surface area (Å²) in [7, 11) is 0. The van der Waals surface area contributed by atoms with Crippen LogP contribution in [0.5, 0.6) is 0 Å². The molecule has 0 radical (unpaired) electrons. The molecule has 1 aromatic rings. The van der Waals surface area contributed by atoms with Crippen LogP contribution in [0.1, 0.15) is 36.4 Å². The molecule has 4 heteroatoms. The predicted molar refractivity (Wildman–Crippen MR) is 71.1 cm³/mol. The van der Waals surface area contributed by atoms with Crippen molar-refractivity contribution in [3.05, 3.63) is 21.7 Å². The first kappa shape index (κ1) is 11.9. The number of thiazole rings is 1. The van der Waals surface area contributed by atoms with Crippen molar-refractivity contribution in [1.82, 2.24) is 4.98 Å². The average molecular weight is 260 g/mol. The highest BCUT2D eigenvalue weighted by Gasteiger charge is 2.40. The Hall–Kier alpha value is -1.18. The second kappa shape index (κ2) is 4.49. The number of nitriles is 1. The van der Waals surface area contributed by atoms with Gasteiger partial charge in [0.05, 0.1) is 18.8 Å². The van der Waals surface area contributed by atoms with Crippen molar-refractivity contribution in [3.8, 4) is 6.07 Å². The molecule has 1 aromatic heterocycles. The van der Waals surface area contributed by atoms with Crippen molar-refractivity contribution < 1.29 is 4.74 Å². The second-order valence-electron chi connectivity index (χ2n) is 5.38. The van der Waals surface area contributed by atoms with Gasteiger partial charge in [-0.3, -0.25) is 0 Å². The maximum absolute atomic E-state index is 9.38. The fraction of sp³-hybridized carbons (Fsp3) is 0.571. The molecule has 2 aliphatic rings. The quantitative estimate of drug-likeness (QED) is 0.728. The lowest BCUT2D eigenvalue weighted by Crippen LogP contribution is -2.44. The molecule has 3 nitrogen and oxygen atoms in total. The molecule has 1 aliphatic heterocycles. The van der Waals surface area contributed by atoms with E-state index in [1.807, 2.05) is 12.3 Å². The zero-order valence-corrected chi connectivity index (χ0v) is 11.3. The molecule has 0 unspecified atom stereocenters. The molecule has 1 spiro atoms. The van der Waals surface area contributed by atoms with E-state index in [1.165, 1.54) is 5.57 Å². The minimum absolute atomic E-state index is 0.433. The summed E-state index contributed by atoms with van der Waals surface area (Å²) in [5.74, 6) is 0. The molecule has 2 heterocycles. The van der Waals surface area contributed by atoms with E-state index in [0.717, 1.165) is 55.2 Å². The van der Waals surface area contributed by atoms with Gasteiger partial charge in [-0.15, -0.1) is 11.3 Å². The Kier molecular flexibility index (Phi) is 2.96. The fourth-order valence-corrected chi connectivity index (χ4v) is 3.60. The summed E-state index contributed by atoms with van der Waals surface area (Å²) >= 11 is 1.58. The molecule has 18 heavy (non-hydrogen) atoms. The van der Waals surface area contributed by atoms with Crippen molar-refractivity contribution in [2.75, 3.05) is 13.2 Å². The topological polar surface area (TPSA) is 45.9 Å². The standard InChI is InChI=1S/C14H16N2OS/c1-10-7-18-13(16-10)12(6-15)11-2-4-14(5-3-11)8-17-9-14/h7H,2-5,8-9H2,1H3. The van der Waals surface area contributed by atoms with Gasteiger partial charge in [0.2, 0.25) is 0 Å². The maximum atomic E-state index is 9.38. The number of ether oxygens (including phenoxy) is 1. The molecule has 3 rings (SSSR count). The van der Waals surface area contributed by atoms with E-state index in [-0.39, 0.29) is 0 Å².